The Morgan fingerprint density at radius 3 is 2.45 bits per heavy atom. The third-order valence-electron chi connectivity index (χ3n) is 2.53. The average Bonchev–Trinajstić information content (AvgIpc) is 2.35. The molecule has 1 rings (SSSR count). The third-order valence-corrected chi connectivity index (χ3v) is 2.53. The van der Waals surface area contributed by atoms with Crippen LogP contribution in [0.4, 0.5) is 13.2 Å². The molecule has 1 aromatic carbocycles. The lowest BCUT2D eigenvalue weighted by atomic mass is 10.0. The van der Waals surface area contributed by atoms with Gasteiger partial charge in [-0.15, -0.1) is 0 Å². The molecule has 108 valence electrons. The van der Waals surface area contributed by atoms with E-state index < -0.39 is 29.1 Å². The lowest BCUT2D eigenvalue weighted by Crippen LogP contribution is -2.12. The molecule has 0 aromatic heterocycles. The number of benzene rings is 1. The molecule has 0 unspecified atom stereocenters. The molecule has 6 heteroatoms. The van der Waals surface area contributed by atoms with Gasteiger partial charge < -0.3 is 5.11 Å². The van der Waals surface area contributed by atoms with Crippen LogP contribution in [0.15, 0.2) is 29.8 Å². The predicted octanol–water partition coefficient (Wildman–Crippen LogP) is 3.54. The molecule has 0 aliphatic heterocycles. The van der Waals surface area contributed by atoms with E-state index in [4.69, 9.17) is 5.11 Å². The number of carboxylic acid groups (broad SMARTS) is 1. The summed E-state index contributed by atoms with van der Waals surface area (Å²) in [7, 11) is 0. The lowest BCUT2D eigenvalue weighted by Gasteiger charge is -2.07. The van der Waals surface area contributed by atoms with Gasteiger partial charge in [0.25, 0.3) is 0 Å². The van der Waals surface area contributed by atoms with Crippen LogP contribution in [-0.4, -0.2) is 16.9 Å². The van der Waals surface area contributed by atoms with Crippen molar-refractivity contribution in [3.8, 4) is 0 Å². The zero-order chi connectivity index (χ0) is 15.3. The van der Waals surface area contributed by atoms with Gasteiger partial charge in [0, 0.05) is 6.42 Å². The zero-order valence-corrected chi connectivity index (χ0v) is 10.7. The van der Waals surface area contributed by atoms with Crippen molar-refractivity contribution in [2.24, 2.45) is 0 Å². The van der Waals surface area contributed by atoms with E-state index in [0.717, 1.165) is 18.2 Å². The summed E-state index contributed by atoms with van der Waals surface area (Å²) in [5, 5.41) is 8.95. The number of aliphatic carboxylic acids is 1. The Balaban J connectivity index is 3.18. The summed E-state index contributed by atoms with van der Waals surface area (Å²) in [5.74, 6) is -2.04. The summed E-state index contributed by atoms with van der Waals surface area (Å²) in [6, 6.07) is 4.17. The fraction of sp³-hybridized carbons (Fsp3) is 0.286. The van der Waals surface area contributed by atoms with Crippen molar-refractivity contribution >= 4 is 17.8 Å². The molecule has 0 radical (unpaired) electrons. The molecule has 20 heavy (non-hydrogen) atoms. The van der Waals surface area contributed by atoms with E-state index in [1.54, 1.807) is 6.92 Å². The molecule has 3 nitrogen and oxygen atoms in total. The van der Waals surface area contributed by atoms with Crippen LogP contribution in [0.1, 0.15) is 30.9 Å². The minimum atomic E-state index is -4.51. The highest BCUT2D eigenvalue weighted by Crippen LogP contribution is 2.30. The number of Topliss-reactive ketones (excluding diaryl/α,β-unsaturated/α-hetero) is 1. The van der Waals surface area contributed by atoms with Crippen molar-refractivity contribution in [3.05, 3.63) is 41.0 Å². The SMILES string of the molecule is CCCC(=O)C(=Cc1cccc(C(F)(F)F)c1)C(=O)O. The van der Waals surface area contributed by atoms with Gasteiger partial charge in [-0.25, -0.2) is 4.79 Å². The van der Waals surface area contributed by atoms with Crippen LogP contribution in [0.3, 0.4) is 0 Å². The van der Waals surface area contributed by atoms with E-state index in [2.05, 4.69) is 0 Å². The van der Waals surface area contributed by atoms with Crippen LogP contribution >= 0.6 is 0 Å². The van der Waals surface area contributed by atoms with Crippen LogP contribution in [0.5, 0.6) is 0 Å². The molecule has 1 aromatic rings. The van der Waals surface area contributed by atoms with Gasteiger partial charge in [-0.2, -0.15) is 13.2 Å². The quantitative estimate of drug-likeness (QED) is 0.511. The van der Waals surface area contributed by atoms with Crippen LogP contribution in [-0.2, 0) is 15.8 Å². The molecule has 0 atom stereocenters. The van der Waals surface area contributed by atoms with Crippen LogP contribution < -0.4 is 0 Å². The number of carboxylic acids is 1. The Kier molecular flexibility index (Phi) is 5.07. The summed E-state index contributed by atoms with van der Waals surface area (Å²) in [6.07, 6.45) is -3.04. The molecule has 0 saturated heterocycles. The average molecular weight is 286 g/mol. The van der Waals surface area contributed by atoms with Crippen molar-refractivity contribution in [1.82, 2.24) is 0 Å². The van der Waals surface area contributed by atoms with Crippen molar-refractivity contribution in [1.29, 1.82) is 0 Å². The number of carbonyl (C=O) groups is 2. The first-order valence-corrected chi connectivity index (χ1v) is 5.91. The number of alkyl halides is 3. The number of hydrogen-bond donors (Lipinski definition) is 1. The van der Waals surface area contributed by atoms with Gasteiger partial charge in [-0.1, -0.05) is 19.1 Å². The Labute approximate surface area is 113 Å². The first-order valence-electron chi connectivity index (χ1n) is 5.91. The van der Waals surface area contributed by atoms with Crippen LogP contribution in [0.25, 0.3) is 6.08 Å². The number of hydrogen-bond acceptors (Lipinski definition) is 2. The normalized spacial score (nSPS) is 12.3. The topological polar surface area (TPSA) is 54.4 Å². The summed E-state index contributed by atoms with van der Waals surface area (Å²) in [5.41, 5.74) is -1.37. The van der Waals surface area contributed by atoms with Gasteiger partial charge >= 0.3 is 12.1 Å². The molecule has 0 aliphatic rings. The van der Waals surface area contributed by atoms with E-state index in [0.29, 0.717) is 6.42 Å². The van der Waals surface area contributed by atoms with Gasteiger partial charge in [-0.3, -0.25) is 4.79 Å². The first kappa shape index (κ1) is 15.9. The van der Waals surface area contributed by atoms with Gasteiger partial charge in [0.15, 0.2) is 5.78 Å². The van der Waals surface area contributed by atoms with Gasteiger partial charge in [0.2, 0.25) is 0 Å². The van der Waals surface area contributed by atoms with E-state index in [1.165, 1.54) is 12.1 Å². The number of halogens is 3. The van der Waals surface area contributed by atoms with E-state index in [9.17, 15) is 22.8 Å². The largest absolute Gasteiger partial charge is 0.478 e. The van der Waals surface area contributed by atoms with E-state index in [1.807, 2.05) is 0 Å². The Hall–Kier alpha value is -2.11. The Bertz CT molecular complexity index is 545. The number of carbonyl (C=O) groups excluding carboxylic acids is 1. The van der Waals surface area contributed by atoms with Crippen LogP contribution in [0, 0.1) is 0 Å². The van der Waals surface area contributed by atoms with Gasteiger partial charge in [0.05, 0.1) is 5.56 Å². The monoisotopic (exact) mass is 286 g/mol. The van der Waals surface area contributed by atoms with E-state index >= 15 is 0 Å². The number of rotatable bonds is 5. The third kappa shape index (κ3) is 4.22. The van der Waals surface area contributed by atoms with Crippen LogP contribution in [0.2, 0.25) is 0 Å². The summed E-state index contributed by atoms with van der Waals surface area (Å²) in [4.78, 5) is 22.6. The highest BCUT2D eigenvalue weighted by atomic mass is 19.4. The maximum absolute atomic E-state index is 12.5. The minimum Gasteiger partial charge on any atom is -0.478 e. The molecular weight excluding hydrogens is 273 g/mol. The zero-order valence-electron chi connectivity index (χ0n) is 10.7. The highest BCUT2D eigenvalue weighted by Gasteiger charge is 2.30. The van der Waals surface area contributed by atoms with Gasteiger partial charge in [0.1, 0.15) is 5.57 Å². The molecule has 0 aliphatic carbocycles. The molecule has 0 saturated carbocycles. The number of ketones is 1. The molecule has 0 spiro atoms. The molecule has 0 fully saturated rings. The van der Waals surface area contributed by atoms with Gasteiger partial charge in [-0.05, 0) is 30.2 Å². The molecular formula is C14H13F3O3. The highest BCUT2D eigenvalue weighted by molar-refractivity contribution is 6.19. The fourth-order valence-corrected chi connectivity index (χ4v) is 1.59. The molecule has 0 amide bonds. The second-order valence-electron chi connectivity index (χ2n) is 4.16. The smallest absolute Gasteiger partial charge is 0.416 e. The van der Waals surface area contributed by atoms with Crippen molar-refractivity contribution in [2.45, 2.75) is 25.9 Å². The van der Waals surface area contributed by atoms with Crippen molar-refractivity contribution < 1.29 is 27.9 Å². The lowest BCUT2D eigenvalue weighted by molar-refractivity contribution is -0.137. The summed E-state index contributed by atoms with van der Waals surface area (Å²) >= 11 is 0. The molecule has 0 heterocycles. The minimum absolute atomic E-state index is 0.0293. The van der Waals surface area contributed by atoms with E-state index in [-0.39, 0.29) is 12.0 Å². The molecule has 1 N–H and O–H groups in total. The second kappa shape index (κ2) is 6.36. The second-order valence-corrected chi connectivity index (χ2v) is 4.16. The maximum Gasteiger partial charge on any atom is 0.416 e. The van der Waals surface area contributed by atoms with Crippen molar-refractivity contribution in [3.63, 3.8) is 0 Å². The Morgan fingerprint density at radius 1 is 1.30 bits per heavy atom. The molecule has 0 bridgehead atoms. The summed E-state index contributed by atoms with van der Waals surface area (Å²) < 4.78 is 37.6. The van der Waals surface area contributed by atoms with Crippen molar-refractivity contribution in [2.75, 3.05) is 0 Å². The summed E-state index contributed by atoms with van der Waals surface area (Å²) in [6.45, 7) is 1.71. The maximum atomic E-state index is 12.5. The standard InChI is InChI=1S/C14H13F3O3/c1-2-4-12(18)11(13(19)20)8-9-5-3-6-10(7-9)14(15,16)17/h3,5-8H,2,4H2,1H3,(H,19,20). The fourth-order valence-electron chi connectivity index (χ4n) is 1.59. The predicted molar refractivity (Wildman–Crippen MR) is 67.0 cm³/mol. The first-order chi connectivity index (χ1) is 9.25. The Morgan fingerprint density at radius 2 is 1.95 bits per heavy atom.